The van der Waals surface area contributed by atoms with E-state index in [0.717, 1.165) is 6.21 Å². The van der Waals surface area contributed by atoms with Crippen molar-refractivity contribution in [3.8, 4) is 0 Å². The SMILES string of the molecule is C=C/C(=C\C=C(\C=N)C(=O)C(C)C)OC. The highest BCUT2D eigenvalue weighted by Crippen LogP contribution is 2.05. The van der Waals surface area contributed by atoms with Gasteiger partial charge in [0.25, 0.3) is 0 Å². The molecule has 0 aliphatic rings. The smallest absolute Gasteiger partial charge is 0.166 e. The van der Waals surface area contributed by atoms with Gasteiger partial charge in [-0.1, -0.05) is 20.4 Å². The Hall–Kier alpha value is -1.64. The molecule has 3 heteroatoms. The van der Waals surface area contributed by atoms with Gasteiger partial charge >= 0.3 is 0 Å². The second-order valence-electron chi connectivity index (χ2n) is 3.26. The first-order valence-electron chi connectivity index (χ1n) is 4.69. The molecule has 0 unspecified atom stereocenters. The first-order valence-corrected chi connectivity index (χ1v) is 4.69. The van der Waals surface area contributed by atoms with Crippen molar-refractivity contribution in [2.24, 2.45) is 5.92 Å². The van der Waals surface area contributed by atoms with E-state index in [2.05, 4.69) is 6.58 Å². The summed E-state index contributed by atoms with van der Waals surface area (Å²) in [7, 11) is 1.52. The maximum Gasteiger partial charge on any atom is 0.166 e. The Morgan fingerprint density at radius 2 is 2.00 bits per heavy atom. The molecule has 0 aromatic rings. The molecule has 0 amide bonds. The molecule has 0 aromatic heterocycles. The Bertz CT molecular complexity index is 312. The van der Waals surface area contributed by atoms with E-state index in [9.17, 15) is 4.79 Å². The van der Waals surface area contributed by atoms with Crippen molar-refractivity contribution in [3.05, 3.63) is 36.1 Å². The van der Waals surface area contributed by atoms with E-state index in [1.807, 2.05) is 0 Å². The van der Waals surface area contributed by atoms with Crippen LogP contribution in [0, 0.1) is 11.3 Å². The molecule has 0 bridgehead atoms. The van der Waals surface area contributed by atoms with Gasteiger partial charge < -0.3 is 10.1 Å². The standard InChI is InChI=1S/C12H17NO2/c1-5-11(15-4)7-6-10(8-13)12(14)9(2)3/h5-9,13H,1H2,2-4H3/b10-6-,11-7+,13-8?. The Morgan fingerprint density at radius 1 is 1.40 bits per heavy atom. The highest BCUT2D eigenvalue weighted by atomic mass is 16.5. The van der Waals surface area contributed by atoms with Crippen molar-refractivity contribution in [1.82, 2.24) is 0 Å². The molecule has 0 atom stereocenters. The monoisotopic (exact) mass is 207 g/mol. The fourth-order valence-corrected chi connectivity index (χ4v) is 0.926. The summed E-state index contributed by atoms with van der Waals surface area (Å²) >= 11 is 0. The highest BCUT2D eigenvalue weighted by molar-refractivity contribution is 6.13. The van der Waals surface area contributed by atoms with Gasteiger partial charge in [-0.2, -0.15) is 0 Å². The van der Waals surface area contributed by atoms with E-state index in [1.165, 1.54) is 13.2 Å². The lowest BCUT2D eigenvalue weighted by Gasteiger charge is -2.03. The van der Waals surface area contributed by atoms with Crippen LogP contribution >= 0.6 is 0 Å². The number of carbonyl (C=O) groups excluding carboxylic acids is 1. The number of nitrogens with one attached hydrogen (secondary N) is 1. The summed E-state index contributed by atoms with van der Waals surface area (Å²) in [6.45, 7) is 7.15. The van der Waals surface area contributed by atoms with Crippen LogP contribution in [-0.2, 0) is 9.53 Å². The van der Waals surface area contributed by atoms with Crippen LogP contribution < -0.4 is 0 Å². The van der Waals surface area contributed by atoms with Crippen LogP contribution in [0.1, 0.15) is 13.8 Å². The molecule has 1 N–H and O–H groups in total. The summed E-state index contributed by atoms with van der Waals surface area (Å²) in [4.78, 5) is 11.5. The molecular weight excluding hydrogens is 190 g/mol. The fraction of sp³-hybridized carbons (Fsp3) is 0.333. The van der Waals surface area contributed by atoms with Crippen LogP contribution in [0.5, 0.6) is 0 Å². The maximum absolute atomic E-state index is 11.5. The first kappa shape index (κ1) is 13.4. The number of ketones is 1. The average molecular weight is 207 g/mol. The highest BCUT2D eigenvalue weighted by Gasteiger charge is 2.10. The zero-order valence-corrected chi connectivity index (χ0v) is 9.41. The Labute approximate surface area is 90.6 Å². The Kier molecular flexibility index (Phi) is 6.02. The van der Waals surface area contributed by atoms with E-state index in [0.29, 0.717) is 11.3 Å². The molecule has 0 saturated heterocycles. The molecule has 0 fully saturated rings. The van der Waals surface area contributed by atoms with Crippen molar-refractivity contribution in [3.63, 3.8) is 0 Å². The van der Waals surface area contributed by atoms with Gasteiger partial charge in [-0.15, -0.1) is 0 Å². The van der Waals surface area contributed by atoms with Crippen LogP contribution in [0.2, 0.25) is 0 Å². The number of hydrogen-bond donors (Lipinski definition) is 1. The zero-order valence-electron chi connectivity index (χ0n) is 9.41. The number of allylic oxidation sites excluding steroid dienone is 4. The summed E-state index contributed by atoms with van der Waals surface area (Å²) in [6, 6.07) is 0. The molecule has 3 nitrogen and oxygen atoms in total. The van der Waals surface area contributed by atoms with Crippen LogP contribution in [0.4, 0.5) is 0 Å². The number of rotatable bonds is 6. The predicted molar refractivity (Wildman–Crippen MR) is 62.0 cm³/mol. The molecule has 15 heavy (non-hydrogen) atoms. The van der Waals surface area contributed by atoms with E-state index < -0.39 is 0 Å². The molecule has 0 aliphatic heterocycles. The van der Waals surface area contributed by atoms with Crippen LogP contribution in [0.25, 0.3) is 0 Å². The Morgan fingerprint density at radius 3 is 2.33 bits per heavy atom. The topological polar surface area (TPSA) is 50.2 Å². The summed E-state index contributed by atoms with van der Waals surface area (Å²) in [5.74, 6) is 0.396. The quantitative estimate of drug-likeness (QED) is 0.315. The first-order chi connectivity index (χ1) is 7.06. The molecule has 0 spiro atoms. The van der Waals surface area contributed by atoms with Crippen LogP contribution in [0.15, 0.2) is 36.1 Å². The van der Waals surface area contributed by atoms with Crippen molar-refractivity contribution in [2.45, 2.75) is 13.8 Å². The molecule has 82 valence electrons. The molecule has 0 saturated carbocycles. The van der Waals surface area contributed by atoms with E-state index in [1.54, 1.807) is 26.0 Å². The lowest BCUT2D eigenvalue weighted by atomic mass is 10.0. The van der Waals surface area contributed by atoms with Gasteiger partial charge in [0.1, 0.15) is 5.76 Å². The number of Topliss-reactive ketones (excluding diaryl/α,β-unsaturated/α-hetero) is 1. The second-order valence-corrected chi connectivity index (χ2v) is 3.26. The third kappa shape index (κ3) is 4.40. The maximum atomic E-state index is 11.5. The number of carbonyl (C=O) groups is 1. The molecule has 0 aromatic carbocycles. The summed E-state index contributed by atoms with van der Waals surface area (Å²) < 4.78 is 4.95. The minimum Gasteiger partial charge on any atom is -0.497 e. The average Bonchev–Trinajstić information content (AvgIpc) is 2.24. The van der Waals surface area contributed by atoms with Gasteiger partial charge in [0.2, 0.25) is 0 Å². The molecule has 0 heterocycles. The van der Waals surface area contributed by atoms with Crippen molar-refractivity contribution in [1.29, 1.82) is 5.41 Å². The van der Waals surface area contributed by atoms with Crippen molar-refractivity contribution < 1.29 is 9.53 Å². The third-order valence-electron chi connectivity index (χ3n) is 1.83. The normalized spacial score (nSPS) is 12.5. The van der Waals surface area contributed by atoms with Gasteiger partial charge in [-0.3, -0.25) is 4.79 Å². The van der Waals surface area contributed by atoms with E-state index >= 15 is 0 Å². The van der Waals surface area contributed by atoms with Gasteiger partial charge in [-0.25, -0.2) is 0 Å². The van der Waals surface area contributed by atoms with E-state index in [-0.39, 0.29) is 11.7 Å². The predicted octanol–water partition coefficient (Wildman–Crippen LogP) is 2.50. The molecule has 0 rings (SSSR count). The summed E-state index contributed by atoms with van der Waals surface area (Å²) in [5.41, 5.74) is 0.362. The second kappa shape index (κ2) is 6.76. The number of ether oxygens (including phenoxy) is 1. The summed E-state index contributed by atoms with van der Waals surface area (Å²) in [5, 5.41) is 7.13. The van der Waals surface area contributed by atoms with Gasteiger partial charge in [0, 0.05) is 17.7 Å². The third-order valence-corrected chi connectivity index (χ3v) is 1.83. The molecule has 0 radical (unpaired) electrons. The van der Waals surface area contributed by atoms with Gasteiger partial charge in [0.15, 0.2) is 5.78 Å². The zero-order chi connectivity index (χ0) is 11.8. The van der Waals surface area contributed by atoms with Crippen molar-refractivity contribution >= 4 is 12.0 Å². The van der Waals surface area contributed by atoms with E-state index in [4.69, 9.17) is 10.1 Å². The van der Waals surface area contributed by atoms with Crippen LogP contribution in [-0.4, -0.2) is 19.1 Å². The minimum absolute atomic E-state index is 0.0548. The molecule has 0 aliphatic carbocycles. The lowest BCUT2D eigenvalue weighted by molar-refractivity contribution is -0.117. The lowest BCUT2D eigenvalue weighted by Crippen LogP contribution is -2.10. The van der Waals surface area contributed by atoms with Crippen LogP contribution in [0.3, 0.4) is 0 Å². The number of methoxy groups -OCH3 is 1. The largest absolute Gasteiger partial charge is 0.497 e. The summed E-state index contributed by atoms with van der Waals surface area (Å²) in [6.07, 6.45) is 5.77. The van der Waals surface area contributed by atoms with Gasteiger partial charge in [-0.05, 0) is 18.2 Å². The van der Waals surface area contributed by atoms with Gasteiger partial charge in [0.05, 0.1) is 7.11 Å². The fourth-order valence-electron chi connectivity index (χ4n) is 0.926. The minimum atomic E-state index is -0.110. The number of hydrogen-bond acceptors (Lipinski definition) is 3. The Balaban J connectivity index is 4.89. The van der Waals surface area contributed by atoms with Crippen molar-refractivity contribution in [2.75, 3.05) is 7.11 Å². The molecular formula is C12H17NO2.